The summed E-state index contributed by atoms with van der Waals surface area (Å²) in [4.78, 5) is 23.1. The molecule has 6 N–H and O–H groups in total. The van der Waals surface area contributed by atoms with Gasteiger partial charge in [0.15, 0.2) is 11.5 Å². The van der Waals surface area contributed by atoms with Crippen molar-refractivity contribution in [2.24, 2.45) is 0 Å². The summed E-state index contributed by atoms with van der Waals surface area (Å²) in [6.45, 7) is 0. The number of nitrogens with two attached hydrogens (primary N) is 1. The van der Waals surface area contributed by atoms with Crippen molar-refractivity contribution in [1.82, 2.24) is 19.5 Å². The minimum Gasteiger partial charge on any atom is -0.544 e. The van der Waals surface area contributed by atoms with Crippen LogP contribution in [0.25, 0.3) is 11.2 Å². The highest BCUT2D eigenvalue weighted by Crippen LogP contribution is 2.32. The lowest BCUT2D eigenvalue weighted by molar-refractivity contribution is -0.437. The fourth-order valence-corrected chi connectivity index (χ4v) is 4.66. The Morgan fingerprint density at radius 3 is 3.08 bits per heavy atom. The number of carboxylic acids is 1. The highest BCUT2D eigenvalue weighted by Gasteiger charge is 2.39. The van der Waals surface area contributed by atoms with Crippen molar-refractivity contribution in [3.05, 3.63) is 12.7 Å². The Labute approximate surface area is 152 Å². The Morgan fingerprint density at radius 2 is 2.35 bits per heavy atom. The lowest BCUT2D eigenvalue weighted by Crippen LogP contribution is -2.68. The smallest absolute Gasteiger partial charge is 0.167 e. The van der Waals surface area contributed by atoms with Gasteiger partial charge in [-0.05, 0) is 10.9 Å². The number of anilines is 1. The summed E-state index contributed by atoms with van der Waals surface area (Å²) in [7, 11) is -0.0968. The number of aromatic nitrogens is 4. The SMILES string of the molecule is C[S+](CC[C@H]([NH3+])C(=O)[O-])C[C@H]1O[C@@H](n2cnc3c(N)ncnc32)C[C@@H]1O. The average Bonchev–Trinajstić information content (AvgIpc) is 3.17. The van der Waals surface area contributed by atoms with E-state index in [4.69, 9.17) is 10.5 Å². The molecule has 1 aliphatic rings. The number of aliphatic hydroxyl groups excluding tert-OH is 1. The van der Waals surface area contributed by atoms with E-state index < -0.39 is 18.1 Å². The Balaban J connectivity index is 1.62. The van der Waals surface area contributed by atoms with Crippen molar-refractivity contribution < 1.29 is 25.5 Å². The molecule has 2 aromatic rings. The molecule has 5 atom stereocenters. The number of nitrogens with zero attached hydrogens (tertiary/aromatic N) is 4. The summed E-state index contributed by atoms with van der Waals surface area (Å²) in [5, 5.41) is 21.1. The fourth-order valence-electron chi connectivity index (χ4n) is 2.94. The van der Waals surface area contributed by atoms with Crippen LogP contribution in [0.3, 0.4) is 0 Å². The zero-order chi connectivity index (χ0) is 18.8. The van der Waals surface area contributed by atoms with Gasteiger partial charge in [0.2, 0.25) is 0 Å². The molecule has 11 heteroatoms. The number of carbonyl (C=O) groups is 1. The number of rotatable bonds is 7. The largest absolute Gasteiger partial charge is 0.544 e. The number of aliphatic hydroxyl groups is 1. The van der Waals surface area contributed by atoms with E-state index in [0.29, 0.717) is 41.3 Å². The van der Waals surface area contributed by atoms with Crippen LogP contribution in [0.5, 0.6) is 0 Å². The number of ether oxygens (including phenoxy) is 1. The molecule has 0 spiro atoms. The number of quaternary nitrogens is 1. The maximum Gasteiger partial charge on any atom is 0.167 e. The molecular weight excluding hydrogens is 360 g/mol. The Hall–Kier alpha value is -1.95. The van der Waals surface area contributed by atoms with Gasteiger partial charge in [-0.3, -0.25) is 4.57 Å². The quantitative estimate of drug-likeness (QED) is 0.427. The lowest BCUT2D eigenvalue weighted by atomic mass is 10.2. The van der Waals surface area contributed by atoms with Crippen molar-refractivity contribution in [1.29, 1.82) is 0 Å². The first-order valence-electron chi connectivity index (χ1n) is 8.26. The van der Waals surface area contributed by atoms with E-state index >= 15 is 0 Å². The Bertz CT molecular complexity index is 787. The van der Waals surface area contributed by atoms with Crippen molar-refractivity contribution in [3.8, 4) is 0 Å². The number of hydrogen-bond donors (Lipinski definition) is 3. The molecule has 0 aliphatic carbocycles. The van der Waals surface area contributed by atoms with Gasteiger partial charge in [0, 0.05) is 12.8 Å². The molecule has 3 rings (SSSR count). The summed E-state index contributed by atoms with van der Waals surface area (Å²) in [6, 6.07) is -0.713. The molecule has 142 valence electrons. The summed E-state index contributed by atoms with van der Waals surface area (Å²) in [5.41, 5.74) is 10.4. The van der Waals surface area contributed by atoms with Crippen LogP contribution in [-0.2, 0) is 20.4 Å². The molecule has 1 unspecified atom stereocenters. The summed E-state index contributed by atoms with van der Waals surface area (Å²) in [6.07, 6.45) is 4.56. The maximum atomic E-state index is 10.8. The van der Waals surface area contributed by atoms with Crippen LogP contribution >= 0.6 is 0 Å². The van der Waals surface area contributed by atoms with Gasteiger partial charge in [-0.15, -0.1) is 0 Å². The minimum atomic E-state index is -1.13. The minimum absolute atomic E-state index is 0.0968. The molecule has 1 fully saturated rings. The monoisotopic (exact) mass is 383 g/mol. The van der Waals surface area contributed by atoms with Crippen molar-refractivity contribution in [3.63, 3.8) is 0 Å². The lowest BCUT2D eigenvalue weighted by Gasteiger charge is -2.16. The van der Waals surface area contributed by atoms with Crippen LogP contribution in [0.1, 0.15) is 19.1 Å². The number of aliphatic carboxylic acids is 1. The number of fused-ring (bicyclic) bond motifs is 1. The molecule has 2 aromatic heterocycles. The molecule has 0 radical (unpaired) electrons. The summed E-state index contributed by atoms with van der Waals surface area (Å²) in [5.74, 6) is 0.528. The fraction of sp³-hybridized carbons (Fsp3) is 0.600. The standard InChI is InChI=1S/C15H22N6O4S/c1-26(3-2-8(16)15(23)24)5-10-9(22)4-11(25-10)21-7-20-12-13(17)18-6-19-14(12)21/h6-11,22H,2-5,16H2,1H3,(H2-,17,18,19,23,24)/p+1/t8-,9-,10+,11+,26?/m0/s1. The summed E-state index contributed by atoms with van der Waals surface area (Å²) < 4.78 is 7.78. The van der Waals surface area contributed by atoms with Gasteiger partial charge in [-0.25, -0.2) is 15.0 Å². The zero-order valence-corrected chi connectivity index (χ0v) is 15.3. The topological polar surface area (TPSA) is 167 Å². The molecule has 0 amide bonds. The van der Waals surface area contributed by atoms with E-state index in [1.54, 1.807) is 10.9 Å². The molecule has 26 heavy (non-hydrogen) atoms. The molecule has 1 saturated heterocycles. The highest BCUT2D eigenvalue weighted by atomic mass is 32.2. The van der Waals surface area contributed by atoms with Crippen LogP contribution in [0.15, 0.2) is 12.7 Å². The maximum absolute atomic E-state index is 10.8. The third-order valence-corrected chi connectivity index (χ3v) is 6.33. The van der Waals surface area contributed by atoms with Gasteiger partial charge >= 0.3 is 0 Å². The average molecular weight is 383 g/mol. The van der Waals surface area contributed by atoms with Crippen LogP contribution in [-0.4, -0.2) is 66.6 Å². The first-order chi connectivity index (χ1) is 12.4. The van der Waals surface area contributed by atoms with Crippen LogP contribution in [0.2, 0.25) is 0 Å². The first kappa shape index (κ1) is 18.8. The van der Waals surface area contributed by atoms with Gasteiger partial charge in [0.25, 0.3) is 0 Å². The molecule has 0 saturated carbocycles. The van der Waals surface area contributed by atoms with Crippen molar-refractivity contribution >= 4 is 33.8 Å². The van der Waals surface area contributed by atoms with Crippen LogP contribution in [0, 0.1) is 0 Å². The second kappa shape index (κ2) is 7.74. The second-order valence-corrected chi connectivity index (χ2v) is 8.78. The third kappa shape index (κ3) is 3.90. The molecule has 0 aromatic carbocycles. The van der Waals surface area contributed by atoms with Gasteiger partial charge in [0.1, 0.15) is 41.7 Å². The molecule has 3 heterocycles. The van der Waals surface area contributed by atoms with Gasteiger partial charge < -0.3 is 31.2 Å². The number of hydrogen-bond acceptors (Lipinski definition) is 8. The first-order valence-corrected chi connectivity index (χ1v) is 10.2. The number of nitrogen functional groups attached to an aromatic ring is 1. The predicted octanol–water partition coefficient (Wildman–Crippen LogP) is -2.94. The van der Waals surface area contributed by atoms with E-state index in [2.05, 4.69) is 20.7 Å². The van der Waals surface area contributed by atoms with E-state index in [1.165, 1.54) is 6.33 Å². The van der Waals surface area contributed by atoms with E-state index in [9.17, 15) is 15.0 Å². The van der Waals surface area contributed by atoms with Crippen LogP contribution < -0.4 is 16.6 Å². The van der Waals surface area contributed by atoms with E-state index in [0.717, 1.165) is 0 Å². The highest BCUT2D eigenvalue weighted by molar-refractivity contribution is 7.96. The van der Waals surface area contributed by atoms with E-state index in [1.807, 2.05) is 6.26 Å². The number of carboxylic acid groups (broad SMARTS) is 1. The number of imidazole rings is 1. The zero-order valence-electron chi connectivity index (χ0n) is 14.4. The summed E-state index contributed by atoms with van der Waals surface area (Å²) >= 11 is 0. The van der Waals surface area contributed by atoms with Crippen molar-refractivity contribution in [2.75, 3.05) is 23.5 Å². The molecule has 1 aliphatic heterocycles. The number of carbonyl (C=O) groups excluding carboxylic acids is 1. The third-order valence-electron chi connectivity index (χ3n) is 4.50. The van der Waals surface area contributed by atoms with Gasteiger partial charge in [-0.1, -0.05) is 0 Å². The Morgan fingerprint density at radius 1 is 1.58 bits per heavy atom. The predicted molar refractivity (Wildman–Crippen MR) is 93.6 cm³/mol. The molecule has 10 nitrogen and oxygen atoms in total. The van der Waals surface area contributed by atoms with Crippen molar-refractivity contribution in [2.45, 2.75) is 37.3 Å². The normalized spacial score (nSPS) is 25.4. The van der Waals surface area contributed by atoms with Gasteiger partial charge in [0.05, 0.1) is 24.7 Å². The van der Waals surface area contributed by atoms with Crippen LogP contribution in [0.4, 0.5) is 5.82 Å². The molecule has 0 bridgehead atoms. The molecular formula is C15H23N6O4S+. The van der Waals surface area contributed by atoms with E-state index in [-0.39, 0.29) is 23.2 Å². The van der Waals surface area contributed by atoms with Gasteiger partial charge in [-0.2, -0.15) is 0 Å². The second-order valence-electron chi connectivity index (χ2n) is 6.47. The Kier molecular flexibility index (Phi) is 5.61.